The molecule has 1 aliphatic rings. The van der Waals surface area contributed by atoms with E-state index in [1.807, 2.05) is 18.2 Å². The zero-order valence-electron chi connectivity index (χ0n) is 25.3. The summed E-state index contributed by atoms with van der Waals surface area (Å²) in [5, 5.41) is 6.62. The summed E-state index contributed by atoms with van der Waals surface area (Å²) in [6, 6.07) is 25.0. The number of rotatable bonds is 13. The summed E-state index contributed by atoms with van der Waals surface area (Å²) in [6.07, 6.45) is 6.83. The van der Waals surface area contributed by atoms with Crippen LogP contribution in [0.15, 0.2) is 94.4 Å². The Labute approximate surface area is 279 Å². The molecule has 1 aromatic heterocycles. The summed E-state index contributed by atoms with van der Waals surface area (Å²) < 4.78 is 62.4. The molecule has 0 bridgehead atoms. The highest BCUT2D eigenvalue weighted by atomic mass is 32.2. The number of hydrogen-bond acceptors (Lipinski definition) is 8. The SMILES string of the molecule is CCC(=Cc1sc2ccc3ccccc3c2[n+]1CCCS(=O)(=O)[O-])C=C1Sc2ccc3ccccc3c2N1CCCCOS(=O)O. The van der Waals surface area contributed by atoms with Gasteiger partial charge in [0.05, 0.1) is 32.8 Å². The third-order valence-corrected chi connectivity index (χ3v) is 11.3. The zero-order chi connectivity index (χ0) is 32.3. The first-order chi connectivity index (χ1) is 22.2. The van der Waals surface area contributed by atoms with Gasteiger partial charge in [0.1, 0.15) is 4.70 Å². The van der Waals surface area contributed by atoms with Crippen molar-refractivity contribution in [3.05, 3.63) is 94.5 Å². The van der Waals surface area contributed by atoms with E-state index in [9.17, 15) is 17.2 Å². The molecule has 5 aromatic rings. The van der Waals surface area contributed by atoms with E-state index >= 15 is 0 Å². The number of aromatic nitrogens is 1. The van der Waals surface area contributed by atoms with Crippen molar-refractivity contribution in [2.45, 2.75) is 44.0 Å². The Hall–Kier alpha value is -3.10. The number of thiazole rings is 1. The van der Waals surface area contributed by atoms with Crippen LogP contribution in [0.4, 0.5) is 5.69 Å². The van der Waals surface area contributed by atoms with Gasteiger partial charge in [-0.15, -0.1) is 0 Å². The van der Waals surface area contributed by atoms with Crippen LogP contribution in [0.5, 0.6) is 0 Å². The van der Waals surface area contributed by atoms with E-state index in [2.05, 4.69) is 83.1 Å². The van der Waals surface area contributed by atoms with Crippen LogP contribution in [0, 0.1) is 0 Å². The van der Waals surface area contributed by atoms with Crippen molar-refractivity contribution >= 4 is 88.1 Å². The first-order valence-corrected chi connectivity index (χ1v) is 19.4. The molecule has 0 fully saturated rings. The molecule has 0 saturated carbocycles. The summed E-state index contributed by atoms with van der Waals surface area (Å²) in [5.41, 5.74) is 3.32. The Bertz CT molecular complexity index is 2110. The average Bonchev–Trinajstić information content (AvgIpc) is 3.57. The van der Waals surface area contributed by atoms with Crippen LogP contribution in [0.3, 0.4) is 0 Å². The van der Waals surface area contributed by atoms with Crippen molar-refractivity contribution < 1.29 is 30.5 Å². The smallest absolute Gasteiger partial charge is 0.301 e. The minimum Gasteiger partial charge on any atom is -0.748 e. The summed E-state index contributed by atoms with van der Waals surface area (Å²) in [6.45, 7) is 3.46. The summed E-state index contributed by atoms with van der Waals surface area (Å²) in [7, 11) is -4.32. The molecule has 1 aliphatic heterocycles. The molecule has 0 spiro atoms. The maximum atomic E-state index is 11.5. The van der Waals surface area contributed by atoms with Crippen LogP contribution in [0.25, 0.3) is 37.8 Å². The monoisotopic (exact) mass is 694 g/mol. The van der Waals surface area contributed by atoms with Gasteiger partial charge < -0.3 is 9.45 Å². The molecule has 4 aromatic carbocycles. The Morgan fingerprint density at radius 3 is 2.46 bits per heavy atom. The first kappa shape index (κ1) is 32.8. The third kappa shape index (κ3) is 7.38. The lowest BCUT2D eigenvalue weighted by Crippen LogP contribution is -2.36. The quantitative estimate of drug-likeness (QED) is 0.0581. The van der Waals surface area contributed by atoms with Crippen LogP contribution >= 0.6 is 23.1 Å². The van der Waals surface area contributed by atoms with Crippen molar-refractivity contribution in [1.82, 2.24) is 0 Å². The van der Waals surface area contributed by atoms with Gasteiger partial charge in [-0.3, -0.25) is 8.74 Å². The van der Waals surface area contributed by atoms with Crippen molar-refractivity contribution in [3.63, 3.8) is 0 Å². The number of thioether (sulfide) groups is 1. The fraction of sp³-hybridized carbons (Fsp3) is 0.265. The second-order valence-corrected chi connectivity index (χ2v) is 15.3. The van der Waals surface area contributed by atoms with Gasteiger partial charge in [-0.2, -0.15) is 8.78 Å². The number of unbranched alkanes of at least 4 members (excludes halogenated alkanes) is 1. The number of nitrogens with zero attached hydrogens (tertiary/aromatic N) is 2. The molecule has 0 aliphatic carbocycles. The number of benzene rings is 4. The van der Waals surface area contributed by atoms with Gasteiger partial charge in [-0.1, -0.05) is 84.6 Å². The highest BCUT2D eigenvalue weighted by Crippen LogP contribution is 2.50. The van der Waals surface area contributed by atoms with Crippen LogP contribution in [0.1, 0.15) is 37.6 Å². The maximum absolute atomic E-state index is 11.5. The molecule has 0 saturated heterocycles. The topological polar surface area (TPSA) is 111 Å². The predicted octanol–water partition coefficient (Wildman–Crippen LogP) is 7.61. The lowest BCUT2D eigenvalue weighted by Gasteiger charge is -2.22. The molecular formula is C34H34N2O6S4. The highest BCUT2D eigenvalue weighted by molar-refractivity contribution is 8.03. The van der Waals surface area contributed by atoms with E-state index in [0.717, 1.165) is 61.4 Å². The van der Waals surface area contributed by atoms with Crippen molar-refractivity contribution in [1.29, 1.82) is 0 Å². The first-order valence-electron chi connectivity index (χ1n) is 15.1. The lowest BCUT2D eigenvalue weighted by atomic mass is 10.1. The van der Waals surface area contributed by atoms with Gasteiger partial charge in [0.25, 0.3) is 5.01 Å². The standard InChI is InChI=1S/C34H34N2O6S4/c1-2-24(23-32-36(19-9-21-46(39,40)41)34-28-13-6-4-11-26(28)15-17-30(34)44-32)22-31-35(18-7-8-20-42-45(37)38)33-27-12-5-3-10-25(27)14-16-29(33)43-31/h3-6,10-17,22-23H,2,7-9,18-21H2,1H3,(H-,37,38,39,40,41). The molecule has 2 heterocycles. The second kappa shape index (κ2) is 14.3. The Morgan fingerprint density at radius 1 is 1.00 bits per heavy atom. The number of anilines is 1. The summed E-state index contributed by atoms with van der Waals surface area (Å²) in [5.74, 6) is -0.410. The van der Waals surface area contributed by atoms with E-state index in [0.29, 0.717) is 13.0 Å². The molecule has 6 rings (SSSR count). The zero-order valence-corrected chi connectivity index (χ0v) is 28.5. The molecular weight excluding hydrogens is 661 g/mol. The van der Waals surface area contributed by atoms with Gasteiger partial charge in [0, 0.05) is 35.1 Å². The minimum atomic E-state index is -4.32. The molecule has 1 unspecified atom stereocenters. The largest absolute Gasteiger partial charge is 0.748 e. The molecule has 8 nitrogen and oxygen atoms in total. The molecule has 1 N–H and O–H groups in total. The number of hydrogen-bond donors (Lipinski definition) is 1. The highest BCUT2D eigenvalue weighted by Gasteiger charge is 2.28. The van der Waals surface area contributed by atoms with Crippen molar-refractivity contribution in [3.8, 4) is 0 Å². The van der Waals surface area contributed by atoms with Gasteiger partial charge >= 0.3 is 11.4 Å². The fourth-order valence-corrected chi connectivity index (χ4v) is 8.98. The van der Waals surface area contributed by atoms with Gasteiger partial charge in [0.15, 0.2) is 6.54 Å². The molecule has 1 atom stereocenters. The van der Waals surface area contributed by atoms with E-state index in [-0.39, 0.29) is 13.0 Å². The predicted molar refractivity (Wildman–Crippen MR) is 188 cm³/mol. The molecule has 46 heavy (non-hydrogen) atoms. The molecule has 0 radical (unpaired) electrons. The summed E-state index contributed by atoms with van der Waals surface area (Å²) >= 11 is 1.12. The van der Waals surface area contributed by atoms with E-state index < -0.39 is 27.2 Å². The normalized spacial score (nSPS) is 15.4. The van der Waals surface area contributed by atoms with Gasteiger partial charge in [-0.25, -0.2) is 8.42 Å². The number of fused-ring (bicyclic) bond motifs is 6. The van der Waals surface area contributed by atoms with E-state index in [4.69, 9.17) is 8.74 Å². The lowest BCUT2D eigenvalue weighted by molar-refractivity contribution is -0.667. The van der Waals surface area contributed by atoms with Crippen LogP contribution in [0.2, 0.25) is 0 Å². The minimum absolute atomic E-state index is 0.208. The number of allylic oxidation sites excluding steroid dienone is 2. The van der Waals surface area contributed by atoms with Gasteiger partial charge in [0.2, 0.25) is 5.52 Å². The average molecular weight is 695 g/mol. The number of aryl methyl sites for hydroxylation is 1. The van der Waals surface area contributed by atoms with Crippen LogP contribution < -0.4 is 9.47 Å². The maximum Gasteiger partial charge on any atom is 0.301 e. The fourth-order valence-electron chi connectivity index (χ4n) is 5.87. The van der Waals surface area contributed by atoms with Crippen LogP contribution in [-0.4, -0.2) is 40.6 Å². The van der Waals surface area contributed by atoms with Crippen molar-refractivity contribution in [2.24, 2.45) is 0 Å². The Balaban J connectivity index is 1.40. The summed E-state index contributed by atoms with van der Waals surface area (Å²) in [4.78, 5) is 3.52. The Kier molecular flexibility index (Phi) is 10.2. The molecule has 0 amide bonds. The van der Waals surface area contributed by atoms with Crippen LogP contribution in [-0.2, 0) is 32.2 Å². The van der Waals surface area contributed by atoms with E-state index in [1.165, 1.54) is 16.0 Å². The molecule has 240 valence electrons. The second-order valence-electron chi connectivity index (χ2n) is 11.0. The third-order valence-electron chi connectivity index (χ3n) is 7.99. The Morgan fingerprint density at radius 2 is 1.72 bits per heavy atom. The molecule has 12 heteroatoms. The van der Waals surface area contributed by atoms with Gasteiger partial charge in [-0.05, 0) is 59.9 Å². The van der Waals surface area contributed by atoms with E-state index in [1.54, 1.807) is 23.1 Å². The van der Waals surface area contributed by atoms with Crippen molar-refractivity contribution in [2.75, 3.05) is 23.8 Å².